The first-order valence-corrected chi connectivity index (χ1v) is 31.9. The van der Waals surface area contributed by atoms with Crippen LogP contribution in [-0.2, 0) is 28.6 Å². The number of hydrogen-bond acceptors (Lipinski definition) is 6. The number of carbonyl (C=O) groups is 3. The van der Waals surface area contributed by atoms with Gasteiger partial charge in [0, 0.05) is 19.3 Å². The summed E-state index contributed by atoms with van der Waals surface area (Å²) in [5.41, 5.74) is 0. The van der Waals surface area contributed by atoms with Crippen LogP contribution < -0.4 is 0 Å². The quantitative estimate of drug-likeness (QED) is 0.0261. The Hall–Kier alpha value is -3.15. The summed E-state index contributed by atoms with van der Waals surface area (Å²) in [6.45, 7) is 6.53. The second kappa shape index (κ2) is 62.4. The molecule has 0 saturated heterocycles. The zero-order valence-corrected chi connectivity index (χ0v) is 49.1. The molecule has 0 aromatic heterocycles. The molecule has 0 radical (unpaired) electrons. The van der Waals surface area contributed by atoms with Gasteiger partial charge in [-0.2, -0.15) is 0 Å². The van der Waals surface area contributed by atoms with Gasteiger partial charge in [-0.15, -0.1) is 0 Å². The highest BCUT2D eigenvalue weighted by Crippen LogP contribution is 2.17. The van der Waals surface area contributed by atoms with E-state index in [0.29, 0.717) is 19.3 Å². The SMILES string of the molecule is CC/C=C\C/C=C\C/C=C\C/C=C\C/C=C\CCCCCCCC(=O)OC(COC(=O)CCCCCCC/C=C\CCCCCC)COC(=O)CCCCCCCCCCCCCCCCCCCCCCCC. The van der Waals surface area contributed by atoms with Gasteiger partial charge in [-0.25, -0.2) is 0 Å². The van der Waals surface area contributed by atoms with E-state index in [1.807, 2.05) is 0 Å². The van der Waals surface area contributed by atoms with E-state index in [1.165, 1.54) is 167 Å². The molecule has 0 fully saturated rings. The molecule has 428 valence electrons. The molecular weight excluding hydrogens is 913 g/mol. The molecule has 0 aliphatic rings. The Morgan fingerprint density at radius 2 is 0.527 bits per heavy atom. The monoisotopic (exact) mass is 1030 g/mol. The van der Waals surface area contributed by atoms with E-state index in [9.17, 15) is 14.4 Å². The molecule has 0 saturated carbocycles. The van der Waals surface area contributed by atoms with Crippen molar-refractivity contribution in [2.24, 2.45) is 0 Å². The topological polar surface area (TPSA) is 78.9 Å². The summed E-state index contributed by atoms with van der Waals surface area (Å²) in [6.07, 6.45) is 80.5. The molecule has 6 nitrogen and oxygen atoms in total. The van der Waals surface area contributed by atoms with Gasteiger partial charge in [-0.1, -0.05) is 286 Å². The molecule has 1 atom stereocenters. The summed E-state index contributed by atoms with van der Waals surface area (Å²) >= 11 is 0. The predicted octanol–water partition coefficient (Wildman–Crippen LogP) is 21.7. The van der Waals surface area contributed by atoms with Crippen molar-refractivity contribution >= 4 is 17.9 Å². The number of esters is 3. The molecule has 0 amide bonds. The van der Waals surface area contributed by atoms with Gasteiger partial charge in [0.2, 0.25) is 0 Å². The molecule has 74 heavy (non-hydrogen) atoms. The Morgan fingerprint density at radius 1 is 0.284 bits per heavy atom. The van der Waals surface area contributed by atoms with Gasteiger partial charge in [0.05, 0.1) is 0 Å². The van der Waals surface area contributed by atoms with Crippen LogP contribution in [0.1, 0.15) is 323 Å². The number of allylic oxidation sites excluding steroid dienone is 12. The first-order chi connectivity index (χ1) is 36.5. The minimum absolute atomic E-state index is 0.0832. The van der Waals surface area contributed by atoms with Crippen LogP contribution in [0.5, 0.6) is 0 Å². The average molecular weight is 1030 g/mol. The largest absolute Gasteiger partial charge is 0.462 e. The third-order valence-corrected chi connectivity index (χ3v) is 13.9. The maximum atomic E-state index is 12.9. The lowest BCUT2D eigenvalue weighted by atomic mass is 10.0. The summed E-state index contributed by atoms with van der Waals surface area (Å²) < 4.78 is 16.9. The second-order valence-corrected chi connectivity index (χ2v) is 21.3. The average Bonchev–Trinajstić information content (AvgIpc) is 3.40. The van der Waals surface area contributed by atoms with Crippen molar-refractivity contribution in [1.82, 2.24) is 0 Å². The first-order valence-electron chi connectivity index (χ1n) is 31.9. The minimum Gasteiger partial charge on any atom is -0.462 e. The number of hydrogen-bond donors (Lipinski definition) is 0. The van der Waals surface area contributed by atoms with Gasteiger partial charge in [-0.05, 0) is 89.9 Å². The second-order valence-electron chi connectivity index (χ2n) is 21.3. The number of rotatable bonds is 58. The molecule has 0 aromatic rings. The standard InChI is InChI=1S/C68H120O6/c1-4-7-10-13-16-19-22-25-27-29-31-33-35-36-38-40-43-46-49-52-55-58-61-67(70)73-64-65(63-72-66(69)60-57-54-51-48-45-42-24-21-18-15-12-9-6-3)74-68(71)62-59-56-53-50-47-44-41-39-37-34-32-30-28-26-23-20-17-14-11-8-5-2/h8,11,17,20-21,24,26,28,32,34,39,41,65H,4-7,9-10,12-16,18-19,22-23,25,27,29-31,33,35-38,40,42-64H2,1-3H3/b11-8-,20-17-,24-21-,28-26-,34-32-,41-39-. The third kappa shape index (κ3) is 59.7. The van der Waals surface area contributed by atoms with Gasteiger partial charge in [0.15, 0.2) is 6.10 Å². The summed E-state index contributed by atoms with van der Waals surface area (Å²) in [7, 11) is 0. The maximum absolute atomic E-state index is 12.9. The molecule has 0 N–H and O–H groups in total. The molecule has 6 heteroatoms. The van der Waals surface area contributed by atoms with Crippen LogP contribution in [0, 0.1) is 0 Å². The normalized spacial score (nSPS) is 12.5. The molecule has 0 aliphatic heterocycles. The molecule has 0 spiro atoms. The molecule has 0 rings (SSSR count). The lowest BCUT2D eigenvalue weighted by Crippen LogP contribution is -2.30. The van der Waals surface area contributed by atoms with Crippen molar-refractivity contribution in [2.75, 3.05) is 13.2 Å². The van der Waals surface area contributed by atoms with E-state index in [-0.39, 0.29) is 31.1 Å². The maximum Gasteiger partial charge on any atom is 0.306 e. The zero-order chi connectivity index (χ0) is 53.6. The van der Waals surface area contributed by atoms with Crippen molar-refractivity contribution in [1.29, 1.82) is 0 Å². The summed E-state index contributed by atoms with van der Waals surface area (Å²) in [6, 6.07) is 0. The van der Waals surface area contributed by atoms with Crippen LogP contribution in [0.25, 0.3) is 0 Å². The van der Waals surface area contributed by atoms with Crippen molar-refractivity contribution in [3.63, 3.8) is 0 Å². The first kappa shape index (κ1) is 70.8. The highest BCUT2D eigenvalue weighted by atomic mass is 16.6. The Bertz CT molecular complexity index is 1370. The van der Waals surface area contributed by atoms with Gasteiger partial charge in [-0.3, -0.25) is 14.4 Å². The lowest BCUT2D eigenvalue weighted by Gasteiger charge is -2.18. The van der Waals surface area contributed by atoms with Crippen LogP contribution >= 0.6 is 0 Å². The van der Waals surface area contributed by atoms with E-state index in [2.05, 4.69) is 93.7 Å². The van der Waals surface area contributed by atoms with Crippen molar-refractivity contribution < 1.29 is 28.6 Å². The fraction of sp³-hybridized carbons (Fsp3) is 0.779. The number of ether oxygens (including phenoxy) is 3. The highest BCUT2D eigenvalue weighted by molar-refractivity contribution is 5.71. The fourth-order valence-corrected chi connectivity index (χ4v) is 9.17. The predicted molar refractivity (Wildman–Crippen MR) is 321 cm³/mol. The lowest BCUT2D eigenvalue weighted by molar-refractivity contribution is -0.167. The van der Waals surface area contributed by atoms with Crippen molar-refractivity contribution in [3.8, 4) is 0 Å². The van der Waals surface area contributed by atoms with Crippen LogP contribution in [0.3, 0.4) is 0 Å². The van der Waals surface area contributed by atoms with Gasteiger partial charge >= 0.3 is 17.9 Å². The third-order valence-electron chi connectivity index (χ3n) is 13.9. The Labute approximate surface area is 459 Å². The number of unbranched alkanes of at least 4 members (excludes halogenated alkanes) is 35. The van der Waals surface area contributed by atoms with Crippen molar-refractivity contribution in [3.05, 3.63) is 72.9 Å². The van der Waals surface area contributed by atoms with Gasteiger partial charge < -0.3 is 14.2 Å². The van der Waals surface area contributed by atoms with E-state index in [1.54, 1.807) is 0 Å². The highest BCUT2D eigenvalue weighted by Gasteiger charge is 2.19. The fourth-order valence-electron chi connectivity index (χ4n) is 9.17. The molecular formula is C68H120O6. The Balaban J connectivity index is 4.34. The van der Waals surface area contributed by atoms with Crippen LogP contribution in [0.15, 0.2) is 72.9 Å². The molecule has 0 aromatic carbocycles. The molecule has 0 aliphatic carbocycles. The summed E-state index contributed by atoms with van der Waals surface area (Å²) in [5, 5.41) is 0. The smallest absolute Gasteiger partial charge is 0.306 e. The molecule has 0 heterocycles. The van der Waals surface area contributed by atoms with Gasteiger partial charge in [0.25, 0.3) is 0 Å². The number of carbonyl (C=O) groups excluding carboxylic acids is 3. The van der Waals surface area contributed by atoms with E-state index >= 15 is 0 Å². The van der Waals surface area contributed by atoms with E-state index < -0.39 is 6.10 Å². The summed E-state index contributed by atoms with van der Waals surface area (Å²) in [4.78, 5) is 38.3. The van der Waals surface area contributed by atoms with E-state index in [0.717, 1.165) is 116 Å². The van der Waals surface area contributed by atoms with Crippen molar-refractivity contribution in [2.45, 2.75) is 329 Å². The zero-order valence-electron chi connectivity index (χ0n) is 49.1. The Morgan fingerprint density at radius 3 is 0.851 bits per heavy atom. The van der Waals surface area contributed by atoms with Crippen LogP contribution in [0.4, 0.5) is 0 Å². The minimum atomic E-state index is -0.789. The molecule has 1 unspecified atom stereocenters. The Kier molecular flexibility index (Phi) is 59.7. The summed E-state index contributed by atoms with van der Waals surface area (Å²) in [5.74, 6) is -0.896. The van der Waals surface area contributed by atoms with Gasteiger partial charge in [0.1, 0.15) is 13.2 Å². The van der Waals surface area contributed by atoms with Crippen LogP contribution in [0.2, 0.25) is 0 Å². The van der Waals surface area contributed by atoms with E-state index in [4.69, 9.17) is 14.2 Å². The molecule has 0 bridgehead atoms. The van der Waals surface area contributed by atoms with Crippen LogP contribution in [-0.4, -0.2) is 37.2 Å².